The fourth-order valence-corrected chi connectivity index (χ4v) is 2.87. The third-order valence-electron chi connectivity index (χ3n) is 3.73. The Bertz CT molecular complexity index is 200. The molecule has 0 aromatic carbocycles. The number of nitrogens with zero attached hydrogens (tertiary/aromatic N) is 1. The van der Waals surface area contributed by atoms with Gasteiger partial charge in [0, 0.05) is 19.6 Å². The summed E-state index contributed by atoms with van der Waals surface area (Å²) in [5, 5.41) is 3.55. The van der Waals surface area contributed by atoms with Crippen molar-refractivity contribution in [3.63, 3.8) is 0 Å². The topological polar surface area (TPSA) is 15.3 Å². The minimum atomic E-state index is 0. The molecule has 3 heteroatoms. The van der Waals surface area contributed by atoms with E-state index in [1.165, 1.54) is 52.0 Å². The predicted molar refractivity (Wildman–Crippen MR) is 67.7 cm³/mol. The van der Waals surface area contributed by atoms with Crippen molar-refractivity contribution in [2.45, 2.75) is 25.7 Å². The Morgan fingerprint density at radius 3 is 2.93 bits per heavy atom. The van der Waals surface area contributed by atoms with Gasteiger partial charge >= 0.3 is 0 Å². The van der Waals surface area contributed by atoms with E-state index in [1.807, 2.05) is 6.08 Å². The summed E-state index contributed by atoms with van der Waals surface area (Å²) in [5.41, 5.74) is 0.624. The molecule has 2 heterocycles. The van der Waals surface area contributed by atoms with Crippen molar-refractivity contribution in [2.75, 3.05) is 32.7 Å². The minimum absolute atomic E-state index is 0. The first kappa shape index (κ1) is 13.0. The molecule has 0 amide bonds. The molecule has 0 bridgehead atoms. The fourth-order valence-electron chi connectivity index (χ4n) is 2.87. The summed E-state index contributed by atoms with van der Waals surface area (Å²) in [7, 11) is 0. The number of piperidine rings is 1. The van der Waals surface area contributed by atoms with Crippen LogP contribution >= 0.6 is 12.4 Å². The van der Waals surface area contributed by atoms with Gasteiger partial charge in [0.05, 0.1) is 0 Å². The predicted octanol–water partition coefficient (Wildman–Crippen LogP) is 2.06. The lowest BCUT2D eigenvalue weighted by Gasteiger charge is -2.34. The Hall–Kier alpha value is -0.0500. The molecule has 0 aromatic rings. The second kappa shape index (κ2) is 5.88. The molecule has 15 heavy (non-hydrogen) atoms. The standard InChI is InChI=1S/C12H22N2.ClH/c1-2-3-8-14-9-6-12(11-14)5-4-7-13-10-12;/h2,13H,1,3-11H2;1H. The lowest BCUT2D eigenvalue weighted by molar-refractivity contribution is 0.203. The highest BCUT2D eigenvalue weighted by atomic mass is 35.5. The lowest BCUT2D eigenvalue weighted by Crippen LogP contribution is -2.41. The molecular weight excluding hydrogens is 208 g/mol. The van der Waals surface area contributed by atoms with Gasteiger partial charge in [0.2, 0.25) is 0 Å². The normalized spacial score (nSPS) is 31.5. The van der Waals surface area contributed by atoms with Gasteiger partial charge in [-0.3, -0.25) is 0 Å². The third kappa shape index (κ3) is 3.20. The van der Waals surface area contributed by atoms with Gasteiger partial charge in [-0.05, 0) is 44.2 Å². The second-order valence-corrected chi connectivity index (χ2v) is 4.88. The summed E-state index contributed by atoms with van der Waals surface area (Å²) in [6.07, 6.45) is 7.38. The molecule has 2 saturated heterocycles. The number of likely N-dealkylation sites (tertiary alicyclic amines) is 1. The van der Waals surface area contributed by atoms with E-state index >= 15 is 0 Å². The quantitative estimate of drug-likeness (QED) is 0.747. The molecule has 2 nitrogen and oxygen atoms in total. The van der Waals surface area contributed by atoms with Gasteiger partial charge in [0.1, 0.15) is 0 Å². The van der Waals surface area contributed by atoms with Crippen molar-refractivity contribution < 1.29 is 0 Å². The van der Waals surface area contributed by atoms with E-state index in [1.54, 1.807) is 0 Å². The third-order valence-corrected chi connectivity index (χ3v) is 3.73. The van der Waals surface area contributed by atoms with E-state index in [2.05, 4.69) is 16.8 Å². The zero-order valence-electron chi connectivity index (χ0n) is 9.50. The Kier molecular flexibility index (Phi) is 5.10. The zero-order chi connectivity index (χ0) is 9.86. The maximum absolute atomic E-state index is 3.79. The van der Waals surface area contributed by atoms with Crippen LogP contribution < -0.4 is 5.32 Å². The van der Waals surface area contributed by atoms with Crippen LogP contribution in [0.5, 0.6) is 0 Å². The average molecular weight is 231 g/mol. The molecule has 2 aliphatic heterocycles. The molecule has 2 aliphatic rings. The highest BCUT2D eigenvalue weighted by Crippen LogP contribution is 2.36. The van der Waals surface area contributed by atoms with Gasteiger partial charge in [-0.15, -0.1) is 19.0 Å². The van der Waals surface area contributed by atoms with Gasteiger partial charge in [-0.2, -0.15) is 0 Å². The maximum Gasteiger partial charge on any atom is 0.00508 e. The second-order valence-electron chi connectivity index (χ2n) is 4.88. The number of rotatable bonds is 3. The monoisotopic (exact) mass is 230 g/mol. The van der Waals surface area contributed by atoms with Crippen molar-refractivity contribution in [3.05, 3.63) is 12.7 Å². The van der Waals surface area contributed by atoms with Crippen molar-refractivity contribution in [1.29, 1.82) is 0 Å². The molecule has 2 rings (SSSR count). The lowest BCUT2D eigenvalue weighted by atomic mass is 9.80. The Labute approximate surface area is 99.5 Å². The van der Waals surface area contributed by atoms with Crippen molar-refractivity contribution >= 4 is 12.4 Å². The smallest absolute Gasteiger partial charge is 0.00508 e. The van der Waals surface area contributed by atoms with E-state index in [4.69, 9.17) is 0 Å². The van der Waals surface area contributed by atoms with Crippen LogP contribution in [-0.2, 0) is 0 Å². The van der Waals surface area contributed by atoms with E-state index in [9.17, 15) is 0 Å². The molecule has 0 aromatic heterocycles. The molecule has 1 atom stereocenters. The number of hydrogen-bond donors (Lipinski definition) is 1. The SMILES string of the molecule is C=CCCN1CCC2(CCCNC2)C1.Cl. The maximum atomic E-state index is 3.79. The first-order valence-corrected chi connectivity index (χ1v) is 5.89. The summed E-state index contributed by atoms with van der Waals surface area (Å²) in [4.78, 5) is 2.61. The molecule has 1 N–H and O–H groups in total. The molecule has 1 spiro atoms. The fraction of sp³-hybridized carbons (Fsp3) is 0.833. The molecule has 1 unspecified atom stereocenters. The number of halogens is 1. The number of nitrogens with one attached hydrogen (secondary N) is 1. The van der Waals surface area contributed by atoms with Gasteiger partial charge < -0.3 is 10.2 Å². The van der Waals surface area contributed by atoms with Crippen LogP contribution in [0.1, 0.15) is 25.7 Å². The summed E-state index contributed by atoms with van der Waals surface area (Å²) >= 11 is 0. The summed E-state index contributed by atoms with van der Waals surface area (Å²) < 4.78 is 0. The summed E-state index contributed by atoms with van der Waals surface area (Å²) in [6.45, 7) is 10.1. The van der Waals surface area contributed by atoms with Gasteiger partial charge in [0.25, 0.3) is 0 Å². The molecule has 0 saturated carbocycles. The van der Waals surface area contributed by atoms with Crippen molar-refractivity contribution in [2.24, 2.45) is 5.41 Å². The van der Waals surface area contributed by atoms with Crippen LogP contribution in [0.3, 0.4) is 0 Å². The zero-order valence-corrected chi connectivity index (χ0v) is 10.3. The average Bonchev–Trinajstić information content (AvgIpc) is 2.60. The number of hydrogen-bond acceptors (Lipinski definition) is 2. The first-order chi connectivity index (χ1) is 6.85. The van der Waals surface area contributed by atoms with Crippen LogP contribution in [-0.4, -0.2) is 37.6 Å². The Balaban J connectivity index is 0.00000112. The van der Waals surface area contributed by atoms with Gasteiger partial charge in [-0.1, -0.05) is 6.08 Å². The summed E-state index contributed by atoms with van der Waals surface area (Å²) in [6, 6.07) is 0. The van der Waals surface area contributed by atoms with Gasteiger partial charge in [0.15, 0.2) is 0 Å². The molecule has 2 fully saturated rings. The van der Waals surface area contributed by atoms with Crippen LogP contribution in [0.4, 0.5) is 0 Å². The first-order valence-electron chi connectivity index (χ1n) is 5.89. The van der Waals surface area contributed by atoms with Crippen LogP contribution in [0.2, 0.25) is 0 Å². The Morgan fingerprint density at radius 2 is 2.27 bits per heavy atom. The van der Waals surface area contributed by atoms with Crippen LogP contribution in [0.25, 0.3) is 0 Å². The molecule has 0 radical (unpaired) electrons. The minimum Gasteiger partial charge on any atom is -0.316 e. The molecular formula is C12H23ClN2. The van der Waals surface area contributed by atoms with Gasteiger partial charge in [-0.25, -0.2) is 0 Å². The van der Waals surface area contributed by atoms with E-state index in [0.717, 1.165) is 6.42 Å². The van der Waals surface area contributed by atoms with E-state index in [0.29, 0.717) is 5.41 Å². The molecule has 88 valence electrons. The highest BCUT2D eigenvalue weighted by molar-refractivity contribution is 5.85. The van der Waals surface area contributed by atoms with E-state index in [-0.39, 0.29) is 12.4 Å². The van der Waals surface area contributed by atoms with Crippen LogP contribution in [0.15, 0.2) is 12.7 Å². The molecule has 0 aliphatic carbocycles. The van der Waals surface area contributed by atoms with E-state index < -0.39 is 0 Å². The highest BCUT2D eigenvalue weighted by Gasteiger charge is 2.38. The summed E-state index contributed by atoms with van der Waals surface area (Å²) in [5.74, 6) is 0. The van der Waals surface area contributed by atoms with Crippen molar-refractivity contribution in [1.82, 2.24) is 10.2 Å². The largest absolute Gasteiger partial charge is 0.316 e. The van der Waals surface area contributed by atoms with Crippen LogP contribution in [0, 0.1) is 5.41 Å². The Morgan fingerprint density at radius 1 is 1.40 bits per heavy atom. The van der Waals surface area contributed by atoms with Crippen molar-refractivity contribution in [3.8, 4) is 0 Å².